The number of amides is 2. The fraction of sp³-hybridized carbons (Fsp3) is 0.286. The van der Waals surface area contributed by atoms with Gasteiger partial charge in [-0.3, -0.25) is 38.3 Å². The molecule has 2 unspecified atom stereocenters. The van der Waals surface area contributed by atoms with Gasteiger partial charge in [0.2, 0.25) is 0 Å². The van der Waals surface area contributed by atoms with Crippen LogP contribution in [0.15, 0.2) is 31.6 Å². The molecule has 2 aromatic rings. The maximum Gasteiger partial charge on any atom is 0.325 e. The molecule has 2 rings (SSSR count). The zero-order valence-corrected chi connectivity index (χ0v) is 19.6. The highest BCUT2D eigenvalue weighted by molar-refractivity contribution is 7.46. The molecule has 0 saturated carbocycles. The third kappa shape index (κ3) is 9.46. The number of aromatic amines is 4. The highest BCUT2D eigenvalue weighted by atomic mass is 31.2. The van der Waals surface area contributed by atoms with Crippen molar-refractivity contribution in [3.05, 3.63) is 54.1 Å². The third-order valence-corrected chi connectivity index (χ3v) is 5.30. The molecule has 0 aromatic carbocycles. The van der Waals surface area contributed by atoms with Crippen molar-refractivity contribution in [2.45, 2.75) is 12.2 Å². The predicted molar refractivity (Wildman–Crippen MR) is 113 cm³/mol. The Morgan fingerprint density at radius 3 is 1.76 bits per heavy atom. The number of phosphoric ester groups is 2. The minimum absolute atomic E-state index is 0.565. The molecule has 204 valence electrons. The lowest BCUT2D eigenvalue weighted by Crippen LogP contribution is -2.39. The molecule has 2 aromatic heterocycles. The second-order valence-corrected chi connectivity index (χ2v) is 9.04. The maximum absolute atomic E-state index is 12.3. The lowest BCUT2D eigenvalue weighted by atomic mass is 10.3. The number of H-pyrrole nitrogens is 4. The van der Waals surface area contributed by atoms with Crippen molar-refractivity contribution >= 4 is 38.8 Å². The number of aromatic nitrogens is 4. The summed E-state index contributed by atoms with van der Waals surface area (Å²) in [7, 11) is -11.4. The van der Waals surface area contributed by atoms with Gasteiger partial charge in [-0.05, 0) is 0 Å². The standard InChI is InChI=1S/C14H18N6O15P2/c21-3-7(11(24)17-5-1-15-13(26)19-9(5)22)35-37(31,32)33-4-8(34-36(28,29)30)12(25)18-6-2-16-14(27)20-10(6)23/h1-2,7-8,21H,3-4H2,(H,17,24)(H,18,25)(H,31,32)(H2,28,29,30)(H2,15,19,22,26)(H2,16,20,23,27)/p-2/t7-,8-/m1/s1. The molecule has 2 heterocycles. The van der Waals surface area contributed by atoms with Gasteiger partial charge in [-0.1, -0.05) is 0 Å². The fourth-order valence-corrected chi connectivity index (χ4v) is 3.59. The first-order valence-corrected chi connectivity index (χ1v) is 12.3. The zero-order chi connectivity index (χ0) is 28.0. The molecule has 0 aliphatic heterocycles. The molecule has 0 saturated heterocycles. The largest absolute Gasteiger partial charge is 0.756 e. The number of hydrogen-bond donors (Lipinski definition) is 8. The molecule has 8 N–H and O–H groups in total. The Kier molecular flexibility index (Phi) is 9.75. The molecule has 0 aliphatic carbocycles. The van der Waals surface area contributed by atoms with E-state index in [1.54, 1.807) is 15.3 Å². The van der Waals surface area contributed by atoms with Crippen LogP contribution in [-0.2, 0) is 32.3 Å². The van der Waals surface area contributed by atoms with Crippen LogP contribution in [-0.4, -0.2) is 67.2 Å². The second kappa shape index (κ2) is 12.1. The molecule has 4 atom stereocenters. The first kappa shape index (κ1) is 29.7. The number of carbonyl (C=O) groups excluding carboxylic acids is 2. The molecule has 0 aliphatic rings. The zero-order valence-electron chi connectivity index (χ0n) is 17.8. The van der Waals surface area contributed by atoms with Crippen molar-refractivity contribution in [2.24, 2.45) is 0 Å². The Balaban J connectivity index is 2.11. The van der Waals surface area contributed by atoms with Gasteiger partial charge in [-0.25, -0.2) is 9.59 Å². The van der Waals surface area contributed by atoms with Crippen molar-refractivity contribution in [1.82, 2.24) is 19.9 Å². The van der Waals surface area contributed by atoms with Gasteiger partial charge in [-0.15, -0.1) is 0 Å². The third-order valence-electron chi connectivity index (χ3n) is 3.81. The normalized spacial score (nSPS) is 16.1. The summed E-state index contributed by atoms with van der Waals surface area (Å²) in [6, 6.07) is 0. The van der Waals surface area contributed by atoms with Crippen LogP contribution >= 0.6 is 15.6 Å². The van der Waals surface area contributed by atoms with E-state index in [1.807, 2.05) is 15.3 Å². The lowest BCUT2D eigenvalue weighted by molar-refractivity contribution is -0.237. The van der Waals surface area contributed by atoms with E-state index < -0.39 is 86.8 Å². The van der Waals surface area contributed by atoms with Crippen molar-refractivity contribution < 1.29 is 52.1 Å². The predicted octanol–water partition coefficient (Wildman–Crippen LogP) is -5.27. The molecule has 0 fully saturated rings. The van der Waals surface area contributed by atoms with Crippen molar-refractivity contribution in [3.63, 3.8) is 0 Å². The van der Waals surface area contributed by atoms with Crippen molar-refractivity contribution in [3.8, 4) is 0 Å². The Morgan fingerprint density at radius 2 is 1.35 bits per heavy atom. The van der Waals surface area contributed by atoms with Crippen LogP contribution in [0.4, 0.5) is 11.4 Å². The van der Waals surface area contributed by atoms with E-state index in [1.165, 1.54) is 0 Å². The van der Waals surface area contributed by atoms with Crippen LogP contribution in [0.5, 0.6) is 0 Å². The van der Waals surface area contributed by atoms with Crippen LogP contribution in [0.25, 0.3) is 0 Å². The molecular formula is C14H16N6O15P2-2. The number of aliphatic hydroxyl groups excluding tert-OH is 1. The Hall–Kier alpha value is -3.52. The average Bonchev–Trinajstić information content (AvgIpc) is 2.78. The van der Waals surface area contributed by atoms with Crippen LogP contribution < -0.4 is 42.9 Å². The Labute approximate surface area is 201 Å². The van der Waals surface area contributed by atoms with Gasteiger partial charge in [0, 0.05) is 12.4 Å². The highest BCUT2D eigenvalue weighted by Crippen LogP contribution is 2.41. The lowest BCUT2D eigenvalue weighted by Gasteiger charge is -2.29. The van der Waals surface area contributed by atoms with E-state index in [9.17, 15) is 52.8 Å². The molecule has 21 nitrogen and oxygen atoms in total. The van der Waals surface area contributed by atoms with E-state index in [-0.39, 0.29) is 0 Å². The molecule has 37 heavy (non-hydrogen) atoms. The Bertz CT molecular complexity index is 1470. The number of aliphatic hydroxyl groups is 1. The van der Waals surface area contributed by atoms with E-state index in [2.05, 4.69) is 13.6 Å². The van der Waals surface area contributed by atoms with Crippen molar-refractivity contribution in [2.75, 3.05) is 23.8 Å². The van der Waals surface area contributed by atoms with Gasteiger partial charge in [0.15, 0.2) is 12.2 Å². The van der Waals surface area contributed by atoms with Crippen LogP contribution in [0.2, 0.25) is 0 Å². The van der Waals surface area contributed by atoms with Gasteiger partial charge >= 0.3 is 11.4 Å². The minimum atomic E-state index is -5.71. The van der Waals surface area contributed by atoms with E-state index >= 15 is 0 Å². The summed E-state index contributed by atoms with van der Waals surface area (Å²) in [6.07, 6.45) is -3.26. The molecule has 23 heteroatoms. The summed E-state index contributed by atoms with van der Waals surface area (Å²) in [5.41, 5.74) is -5.34. The second-order valence-electron chi connectivity index (χ2n) is 6.53. The average molecular weight is 570 g/mol. The monoisotopic (exact) mass is 570 g/mol. The molecule has 0 radical (unpaired) electrons. The summed E-state index contributed by atoms with van der Waals surface area (Å²) in [5, 5.41) is 12.9. The molecule has 2 amide bonds. The smallest absolute Gasteiger partial charge is 0.325 e. The summed E-state index contributed by atoms with van der Waals surface area (Å²) in [5.74, 6) is -2.97. The molecule has 0 bridgehead atoms. The Morgan fingerprint density at radius 1 is 0.892 bits per heavy atom. The summed E-state index contributed by atoms with van der Waals surface area (Å²) in [6.45, 7) is -2.81. The topological polar surface area (TPSA) is 338 Å². The molecule has 0 spiro atoms. The highest BCUT2D eigenvalue weighted by Gasteiger charge is 2.30. The van der Waals surface area contributed by atoms with Gasteiger partial charge in [0.05, 0.1) is 13.2 Å². The van der Waals surface area contributed by atoms with Crippen molar-refractivity contribution in [1.29, 1.82) is 0 Å². The van der Waals surface area contributed by atoms with Crippen LogP contribution in [0.1, 0.15) is 0 Å². The first-order chi connectivity index (χ1) is 17.1. The number of rotatable bonds is 12. The van der Waals surface area contributed by atoms with Crippen LogP contribution in [0, 0.1) is 0 Å². The number of hydrogen-bond acceptors (Lipinski definition) is 14. The number of carbonyl (C=O) groups is 2. The van der Waals surface area contributed by atoms with Crippen LogP contribution in [0.3, 0.4) is 0 Å². The summed E-state index contributed by atoms with van der Waals surface area (Å²) >= 11 is 0. The SMILES string of the molecule is O=C(Nc1c[nH]c(=O)[nH]c1=O)[C@@H](COP(=O)([O-])O[C@H](CO)C(=O)Nc1c[nH]c(=O)[nH]c1=O)OP(=O)([O-])O. The minimum Gasteiger partial charge on any atom is -0.756 e. The maximum atomic E-state index is 12.3. The van der Waals surface area contributed by atoms with Gasteiger partial charge in [0.25, 0.3) is 38.6 Å². The first-order valence-electron chi connectivity index (χ1n) is 9.33. The van der Waals surface area contributed by atoms with Gasteiger partial charge in [0.1, 0.15) is 11.4 Å². The summed E-state index contributed by atoms with van der Waals surface area (Å²) in [4.78, 5) is 109. The molecular weight excluding hydrogens is 554 g/mol. The fourth-order valence-electron chi connectivity index (χ4n) is 2.26. The van der Waals surface area contributed by atoms with Gasteiger partial charge < -0.3 is 54.0 Å². The van der Waals surface area contributed by atoms with Gasteiger partial charge in [-0.2, -0.15) is 0 Å². The quantitative estimate of drug-likeness (QED) is 0.110. The van der Waals surface area contributed by atoms with E-state index in [0.717, 1.165) is 6.20 Å². The van der Waals surface area contributed by atoms with E-state index in [4.69, 9.17) is 4.89 Å². The number of nitrogens with one attached hydrogen (secondary N) is 6. The van der Waals surface area contributed by atoms with E-state index in [0.29, 0.717) is 6.20 Å². The summed E-state index contributed by atoms with van der Waals surface area (Å²) < 4.78 is 35.8. The number of phosphoric acid groups is 2. The number of anilines is 2.